The number of allylic oxidation sites excluding steroid dienone is 1. The number of hydrogen-bond donors (Lipinski definition) is 2. The standard InChI is InChI=1S/C27H41N7O6/c1-6-39-24(37)27-15-18(27)12-10-8-7-9-11-13-19(28-25(38)40-26(2,3)4)23(36)34-16-17(14-20(34)22(35)29-27)21-30-32-33(5)31-21/h10,12,17-20H,6-9,11,13-16H2,1-5H3,(H,28,38)(H,29,35)/b12-10-/t17-,18?,19+,20+,27-/m1/s1. The molecule has 0 bridgehead atoms. The van der Waals surface area contributed by atoms with Gasteiger partial charge in [-0.05, 0) is 65.0 Å². The Morgan fingerprint density at radius 2 is 2.00 bits per heavy atom. The summed E-state index contributed by atoms with van der Waals surface area (Å²) in [5.74, 6) is -1.41. The van der Waals surface area contributed by atoms with Crippen molar-refractivity contribution in [2.45, 2.75) is 102 Å². The minimum absolute atomic E-state index is 0.171. The zero-order valence-electron chi connectivity index (χ0n) is 24.0. The van der Waals surface area contributed by atoms with Gasteiger partial charge in [0.25, 0.3) is 0 Å². The van der Waals surface area contributed by atoms with Crippen molar-refractivity contribution in [1.29, 1.82) is 0 Å². The summed E-state index contributed by atoms with van der Waals surface area (Å²) >= 11 is 0. The third kappa shape index (κ3) is 6.79. The first-order valence-electron chi connectivity index (χ1n) is 14.1. The van der Waals surface area contributed by atoms with Gasteiger partial charge in [0.1, 0.15) is 23.2 Å². The number of esters is 1. The van der Waals surface area contributed by atoms with Gasteiger partial charge in [-0.1, -0.05) is 25.0 Å². The van der Waals surface area contributed by atoms with Crippen molar-refractivity contribution < 1.29 is 28.7 Å². The molecule has 2 N–H and O–H groups in total. The number of carbonyl (C=O) groups is 4. The van der Waals surface area contributed by atoms with E-state index in [4.69, 9.17) is 9.47 Å². The second-order valence-corrected chi connectivity index (χ2v) is 11.8. The number of fused-ring (bicyclic) bond motifs is 2. The van der Waals surface area contributed by atoms with E-state index >= 15 is 0 Å². The molecule has 3 aliphatic rings. The number of tetrazole rings is 1. The van der Waals surface area contributed by atoms with Gasteiger partial charge < -0.3 is 25.0 Å². The number of hydrogen-bond acceptors (Lipinski definition) is 9. The molecule has 220 valence electrons. The van der Waals surface area contributed by atoms with E-state index in [1.54, 1.807) is 34.7 Å². The van der Waals surface area contributed by atoms with E-state index < -0.39 is 41.2 Å². The average molecular weight is 560 g/mol. The lowest BCUT2D eigenvalue weighted by Gasteiger charge is -2.30. The van der Waals surface area contributed by atoms with E-state index in [1.165, 1.54) is 9.70 Å². The second kappa shape index (κ2) is 11.9. The van der Waals surface area contributed by atoms with E-state index in [9.17, 15) is 19.2 Å². The van der Waals surface area contributed by atoms with Gasteiger partial charge in [-0.15, -0.1) is 10.2 Å². The van der Waals surface area contributed by atoms with Gasteiger partial charge in [0.15, 0.2) is 5.82 Å². The van der Waals surface area contributed by atoms with Crippen molar-refractivity contribution in [2.24, 2.45) is 13.0 Å². The Balaban J connectivity index is 1.64. The quantitative estimate of drug-likeness (QED) is 0.414. The maximum absolute atomic E-state index is 14.0. The van der Waals surface area contributed by atoms with Gasteiger partial charge in [-0.3, -0.25) is 9.59 Å². The molecule has 4 rings (SSSR count). The molecule has 2 fully saturated rings. The lowest BCUT2D eigenvalue weighted by atomic mass is 10.0. The first-order chi connectivity index (χ1) is 18.9. The monoisotopic (exact) mass is 559 g/mol. The van der Waals surface area contributed by atoms with Gasteiger partial charge in [0.2, 0.25) is 11.8 Å². The van der Waals surface area contributed by atoms with E-state index in [1.807, 2.05) is 12.2 Å². The first-order valence-corrected chi connectivity index (χ1v) is 14.1. The molecule has 0 radical (unpaired) electrons. The second-order valence-electron chi connectivity index (χ2n) is 11.8. The molecule has 1 aromatic rings. The Hall–Kier alpha value is -3.51. The number of alkyl carbamates (subject to hydrolysis) is 1. The molecule has 0 spiro atoms. The molecule has 1 aliphatic carbocycles. The average Bonchev–Trinajstić information content (AvgIpc) is 3.17. The Morgan fingerprint density at radius 3 is 2.67 bits per heavy atom. The van der Waals surface area contributed by atoms with Crippen LogP contribution in [0.2, 0.25) is 0 Å². The van der Waals surface area contributed by atoms with Crippen LogP contribution in [0.25, 0.3) is 0 Å². The Morgan fingerprint density at radius 1 is 1.23 bits per heavy atom. The fourth-order valence-corrected chi connectivity index (χ4v) is 5.45. The van der Waals surface area contributed by atoms with Crippen molar-refractivity contribution in [3.63, 3.8) is 0 Å². The van der Waals surface area contributed by atoms with Crippen LogP contribution in [-0.4, -0.2) is 85.4 Å². The van der Waals surface area contributed by atoms with Crippen LogP contribution in [0.1, 0.15) is 84.4 Å². The van der Waals surface area contributed by atoms with E-state index in [-0.39, 0.29) is 37.3 Å². The minimum Gasteiger partial charge on any atom is -0.464 e. The van der Waals surface area contributed by atoms with Crippen LogP contribution in [-0.2, 0) is 30.9 Å². The summed E-state index contributed by atoms with van der Waals surface area (Å²) in [7, 11) is 1.65. The zero-order valence-corrected chi connectivity index (χ0v) is 24.0. The normalized spacial score (nSPS) is 30.2. The number of nitrogens with zero attached hydrogens (tertiary/aromatic N) is 5. The minimum atomic E-state index is -1.16. The summed E-state index contributed by atoms with van der Waals surface area (Å²) in [5, 5.41) is 18.0. The lowest BCUT2D eigenvalue weighted by Crippen LogP contribution is -2.56. The van der Waals surface area contributed by atoms with Crippen LogP contribution in [0.3, 0.4) is 0 Å². The summed E-state index contributed by atoms with van der Waals surface area (Å²) < 4.78 is 10.8. The summed E-state index contributed by atoms with van der Waals surface area (Å²) in [4.78, 5) is 56.3. The van der Waals surface area contributed by atoms with Crippen molar-refractivity contribution in [2.75, 3.05) is 13.2 Å². The van der Waals surface area contributed by atoms with Gasteiger partial charge in [0.05, 0.1) is 13.7 Å². The number of ether oxygens (including phenoxy) is 2. The van der Waals surface area contributed by atoms with Crippen molar-refractivity contribution >= 4 is 23.9 Å². The highest BCUT2D eigenvalue weighted by atomic mass is 16.6. The molecule has 0 aromatic carbocycles. The molecule has 5 atom stereocenters. The van der Waals surface area contributed by atoms with E-state index in [0.717, 1.165) is 19.3 Å². The third-order valence-electron chi connectivity index (χ3n) is 7.50. The molecule has 3 amide bonds. The highest BCUT2D eigenvalue weighted by Gasteiger charge is 2.62. The van der Waals surface area contributed by atoms with Gasteiger partial charge in [0, 0.05) is 18.4 Å². The molecule has 40 heavy (non-hydrogen) atoms. The number of aryl methyl sites for hydroxylation is 1. The predicted octanol–water partition coefficient (Wildman–Crippen LogP) is 1.75. The number of nitrogens with one attached hydrogen (secondary N) is 2. The topological polar surface area (TPSA) is 158 Å². The van der Waals surface area contributed by atoms with Gasteiger partial charge in [-0.2, -0.15) is 4.80 Å². The molecule has 13 heteroatoms. The summed E-state index contributed by atoms with van der Waals surface area (Å²) in [5.41, 5.74) is -1.89. The molecular weight excluding hydrogens is 518 g/mol. The van der Waals surface area contributed by atoms with E-state index in [0.29, 0.717) is 25.1 Å². The maximum atomic E-state index is 14.0. The Labute approximate surface area is 234 Å². The summed E-state index contributed by atoms with van der Waals surface area (Å²) in [6, 6.07) is -1.78. The lowest BCUT2D eigenvalue weighted by molar-refractivity contribution is -0.150. The fourth-order valence-electron chi connectivity index (χ4n) is 5.45. The number of aromatic nitrogens is 4. The Bertz CT molecular complexity index is 1140. The van der Waals surface area contributed by atoms with Gasteiger partial charge in [-0.25, -0.2) is 9.59 Å². The molecule has 13 nitrogen and oxygen atoms in total. The van der Waals surface area contributed by atoms with Crippen molar-refractivity contribution in [3.05, 3.63) is 18.0 Å². The molecular formula is C27H41N7O6. The van der Waals surface area contributed by atoms with Crippen LogP contribution in [0.15, 0.2) is 12.2 Å². The molecule has 3 heterocycles. The number of rotatable bonds is 4. The molecule has 1 saturated heterocycles. The fraction of sp³-hybridized carbons (Fsp3) is 0.741. The van der Waals surface area contributed by atoms with Crippen LogP contribution < -0.4 is 10.6 Å². The highest BCUT2D eigenvalue weighted by molar-refractivity contribution is 5.96. The molecule has 1 aromatic heterocycles. The largest absolute Gasteiger partial charge is 0.464 e. The number of carbonyl (C=O) groups excluding carboxylic acids is 4. The molecule has 1 saturated carbocycles. The third-order valence-corrected chi connectivity index (χ3v) is 7.50. The first kappa shape index (κ1) is 29.5. The van der Waals surface area contributed by atoms with Crippen LogP contribution in [0.5, 0.6) is 0 Å². The predicted molar refractivity (Wildman–Crippen MR) is 143 cm³/mol. The van der Waals surface area contributed by atoms with Crippen molar-refractivity contribution in [3.8, 4) is 0 Å². The van der Waals surface area contributed by atoms with Crippen LogP contribution in [0, 0.1) is 5.92 Å². The SMILES string of the molecule is CCOC(=O)[C@@]12CC1/C=C\CCCCC[C@H](NC(=O)OC(C)(C)C)C(=O)N1C[C@H](c3nnn(C)n3)C[C@H]1C(=O)N2. The van der Waals surface area contributed by atoms with Gasteiger partial charge >= 0.3 is 12.1 Å². The van der Waals surface area contributed by atoms with Crippen LogP contribution >= 0.6 is 0 Å². The molecule has 1 unspecified atom stereocenters. The van der Waals surface area contributed by atoms with E-state index in [2.05, 4.69) is 26.0 Å². The summed E-state index contributed by atoms with van der Waals surface area (Å²) in [6.45, 7) is 7.35. The Kier molecular flexibility index (Phi) is 8.79. The number of amides is 3. The maximum Gasteiger partial charge on any atom is 0.408 e. The van der Waals surface area contributed by atoms with Crippen molar-refractivity contribution in [1.82, 2.24) is 35.7 Å². The highest BCUT2D eigenvalue weighted by Crippen LogP contribution is 2.46. The molecule has 2 aliphatic heterocycles. The zero-order chi connectivity index (χ0) is 29.1. The smallest absolute Gasteiger partial charge is 0.408 e. The van der Waals surface area contributed by atoms with Crippen LogP contribution in [0.4, 0.5) is 4.79 Å². The summed E-state index contributed by atoms with van der Waals surface area (Å²) in [6.07, 6.45) is 7.67.